The zero-order valence-electron chi connectivity index (χ0n) is 13.7. The highest BCUT2D eigenvalue weighted by molar-refractivity contribution is 4.91. The third kappa shape index (κ3) is 4.84. The summed E-state index contributed by atoms with van der Waals surface area (Å²) in [7, 11) is 0. The van der Waals surface area contributed by atoms with Crippen molar-refractivity contribution in [3.63, 3.8) is 0 Å². The lowest BCUT2D eigenvalue weighted by atomic mass is 9.98. The molecule has 2 heterocycles. The fraction of sp³-hybridized carbons (Fsp3) is 1.00. The quantitative estimate of drug-likeness (QED) is 0.332. The molecule has 2 rings (SSSR count). The van der Waals surface area contributed by atoms with Crippen LogP contribution in [-0.2, 0) is 18.9 Å². The van der Waals surface area contributed by atoms with Gasteiger partial charge in [-0.15, -0.1) is 0 Å². The van der Waals surface area contributed by atoms with E-state index in [1.165, 1.54) is 0 Å². The van der Waals surface area contributed by atoms with Gasteiger partial charge in [-0.25, -0.2) is 0 Å². The molecular formula is C15H28O9. The highest BCUT2D eigenvalue weighted by atomic mass is 16.7. The summed E-state index contributed by atoms with van der Waals surface area (Å²) in [4.78, 5) is 0. The number of hydrogen-bond acceptors (Lipinski definition) is 9. The number of ether oxygens (including phenoxy) is 4. The van der Waals surface area contributed by atoms with Gasteiger partial charge in [-0.05, 0) is 6.42 Å². The van der Waals surface area contributed by atoms with Crippen molar-refractivity contribution in [3.8, 4) is 0 Å². The summed E-state index contributed by atoms with van der Waals surface area (Å²) < 4.78 is 21.6. The average Bonchev–Trinajstić information content (AvgIpc) is 2.56. The van der Waals surface area contributed by atoms with Gasteiger partial charge in [-0.3, -0.25) is 0 Å². The normalized spacial score (nSPS) is 43.8. The molecule has 0 aliphatic carbocycles. The smallest absolute Gasteiger partial charge is 0.186 e. The van der Waals surface area contributed by atoms with Crippen LogP contribution < -0.4 is 0 Å². The fourth-order valence-corrected chi connectivity index (χ4v) is 2.76. The van der Waals surface area contributed by atoms with Crippen molar-refractivity contribution in [2.24, 2.45) is 0 Å². The Balaban J connectivity index is 1.96. The maximum atomic E-state index is 10.3. The van der Waals surface area contributed by atoms with Crippen molar-refractivity contribution in [2.45, 2.75) is 75.4 Å². The van der Waals surface area contributed by atoms with Crippen LogP contribution in [0.4, 0.5) is 0 Å². The molecule has 0 bridgehead atoms. The first-order valence-electron chi connectivity index (χ1n) is 8.35. The molecule has 2 aliphatic heterocycles. The minimum Gasteiger partial charge on any atom is -0.394 e. The van der Waals surface area contributed by atoms with Gasteiger partial charge in [-0.2, -0.15) is 0 Å². The second-order valence-electron chi connectivity index (χ2n) is 6.19. The van der Waals surface area contributed by atoms with Crippen molar-refractivity contribution in [2.75, 3.05) is 19.8 Å². The SMILES string of the molecule is CCCCO[C@@H]1O[C@H](CO)[C@@H](O[C@H]2OC[C@@H](O)C[C@H]2O)[C@H](O)[C@H]1O. The van der Waals surface area contributed by atoms with Gasteiger partial charge in [0, 0.05) is 13.0 Å². The number of unbranched alkanes of at least 4 members (excludes halogenated alkanes) is 1. The summed E-state index contributed by atoms with van der Waals surface area (Å²) >= 11 is 0. The Labute approximate surface area is 140 Å². The minimum absolute atomic E-state index is 0.0134. The van der Waals surface area contributed by atoms with Gasteiger partial charge < -0.3 is 44.5 Å². The van der Waals surface area contributed by atoms with Gasteiger partial charge in [0.2, 0.25) is 0 Å². The topological polar surface area (TPSA) is 138 Å². The maximum Gasteiger partial charge on any atom is 0.186 e. The van der Waals surface area contributed by atoms with E-state index in [2.05, 4.69) is 0 Å². The largest absolute Gasteiger partial charge is 0.394 e. The van der Waals surface area contributed by atoms with E-state index >= 15 is 0 Å². The highest BCUT2D eigenvalue weighted by Crippen LogP contribution is 2.27. The Morgan fingerprint density at radius 1 is 1.08 bits per heavy atom. The zero-order valence-corrected chi connectivity index (χ0v) is 13.7. The number of aliphatic hydroxyl groups excluding tert-OH is 5. The van der Waals surface area contributed by atoms with Crippen LogP contribution in [0.15, 0.2) is 0 Å². The molecule has 0 spiro atoms. The molecular weight excluding hydrogens is 324 g/mol. The van der Waals surface area contributed by atoms with E-state index in [1.807, 2.05) is 6.92 Å². The van der Waals surface area contributed by atoms with Crippen molar-refractivity contribution < 1.29 is 44.5 Å². The summed E-state index contributed by atoms with van der Waals surface area (Å²) in [5.41, 5.74) is 0. The number of hydrogen-bond donors (Lipinski definition) is 5. The van der Waals surface area contributed by atoms with Gasteiger partial charge >= 0.3 is 0 Å². The summed E-state index contributed by atoms with van der Waals surface area (Å²) in [6.45, 7) is 1.87. The number of rotatable bonds is 7. The van der Waals surface area contributed by atoms with Crippen LogP contribution in [0.5, 0.6) is 0 Å². The van der Waals surface area contributed by atoms with Crippen molar-refractivity contribution in [1.29, 1.82) is 0 Å². The Morgan fingerprint density at radius 2 is 1.83 bits per heavy atom. The second kappa shape index (κ2) is 9.37. The molecule has 0 amide bonds. The molecule has 9 nitrogen and oxygen atoms in total. The predicted octanol–water partition coefficient (Wildman–Crippen LogP) is -1.90. The molecule has 5 N–H and O–H groups in total. The van der Waals surface area contributed by atoms with E-state index in [-0.39, 0.29) is 13.0 Å². The monoisotopic (exact) mass is 352 g/mol. The Bertz CT molecular complexity index is 367. The highest BCUT2D eigenvalue weighted by Gasteiger charge is 2.47. The van der Waals surface area contributed by atoms with Crippen LogP contribution in [0.3, 0.4) is 0 Å². The first-order valence-corrected chi connectivity index (χ1v) is 8.35. The fourth-order valence-electron chi connectivity index (χ4n) is 2.76. The van der Waals surface area contributed by atoms with Gasteiger partial charge in [0.1, 0.15) is 30.5 Å². The average molecular weight is 352 g/mol. The lowest BCUT2D eigenvalue weighted by Crippen LogP contribution is -2.62. The van der Waals surface area contributed by atoms with Gasteiger partial charge in [-0.1, -0.05) is 13.3 Å². The van der Waals surface area contributed by atoms with E-state index in [9.17, 15) is 25.5 Å². The van der Waals surface area contributed by atoms with Crippen LogP contribution >= 0.6 is 0 Å². The van der Waals surface area contributed by atoms with Gasteiger partial charge in [0.25, 0.3) is 0 Å². The van der Waals surface area contributed by atoms with E-state index in [4.69, 9.17) is 18.9 Å². The molecule has 8 atom stereocenters. The van der Waals surface area contributed by atoms with Crippen molar-refractivity contribution in [3.05, 3.63) is 0 Å². The molecule has 0 aromatic heterocycles. The van der Waals surface area contributed by atoms with Crippen LogP contribution in [-0.4, -0.2) is 94.6 Å². The first kappa shape index (κ1) is 20.0. The van der Waals surface area contributed by atoms with E-state index in [0.717, 1.165) is 12.8 Å². The molecule has 2 aliphatic rings. The van der Waals surface area contributed by atoms with Crippen molar-refractivity contribution >= 4 is 0 Å². The Morgan fingerprint density at radius 3 is 2.46 bits per heavy atom. The minimum atomic E-state index is -1.38. The molecule has 9 heteroatoms. The summed E-state index contributed by atoms with van der Waals surface area (Å²) in [6.07, 6.45) is -7.07. The molecule has 24 heavy (non-hydrogen) atoms. The number of aliphatic hydroxyl groups is 5. The Hall–Kier alpha value is -0.360. The molecule has 2 fully saturated rings. The summed E-state index contributed by atoms with van der Waals surface area (Å²) in [5, 5.41) is 49.3. The lowest BCUT2D eigenvalue weighted by molar-refractivity contribution is -0.341. The third-order valence-corrected chi connectivity index (χ3v) is 4.17. The van der Waals surface area contributed by atoms with Crippen molar-refractivity contribution in [1.82, 2.24) is 0 Å². The molecule has 2 saturated heterocycles. The van der Waals surface area contributed by atoms with E-state index in [1.54, 1.807) is 0 Å². The molecule has 142 valence electrons. The molecule has 0 radical (unpaired) electrons. The van der Waals surface area contributed by atoms with Gasteiger partial charge in [0.15, 0.2) is 12.6 Å². The standard InChI is InChI=1S/C15H28O9/c1-2-3-4-21-15-12(20)11(19)13(10(6-16)23-15)24-14-9(18)5-8(17)7-22-14/h8-20H,2-7H2,1H3/t8-,9+,10+,11+,12+,13+,14+,15+/m0/s1. The summed E-state index contributed by atoms with van der Waals surface area (Å²) in [5.74, 6) is 0. The molecule has 0 saturated carbocycles. The first-order chi connectivity index (χ1) is 11.5. The molecule has 0 unspecified atom stereocenters. The predicted molar refractivity (Wildman–Crippen MR) is 79.9 cm³/mol. The lowest BCUT2D eigenvalue weighted by Gasteiger charge is -2.44. The Kier molecular flexibility index (Phi) is 7.79. The maximum absolute atomic E-state index is 10.3. The van der Waals surface area contributed by atoms with Gasteiger partial charge in [0.05, 0.1) is 19.3 Å². The zero-order chi connectivity index (χ0) is 17.7. The molecule has 0 aromatic rings. The van der Waals surface area contributed by atoms with Crippen LogP contribution in [0.2, 0.25) is 0 Å². The van der Waals surface area contributed by atoms with E-state index < -0.39 is 55.8 Å². The van der Waals surface area contributed by atoms with E-state index in [0.29, 0.717) is 6.61 Å². The summed E-state index contributed by atoms with van der Waals surface area (Å²) in [6, 6.07) is 0. The third-order valence-electron chi connectivity index (χ3n) is 4.17. The van der Waals surface area contributed by atoms with Crippen LogP contribution in [0.25, 0.3) is 0 Å². The molecule has 0 aromatic carbocycles. The van der Waals surface area contributed by atoms with Crippen LogP contribution in [0, 0.1) is 0 Å². The second-order valence-corrected chi connectivity index (χ2v) is 6.19. The van der Waals surface area contributed by atoms with Crippen LogP contribution in [0.1, 0.15) is 26.2 Å².